The summed E-state index contributed by atoms with van der Waals surface area (Å²) >= 11 is 0. The van der Waals surface area contributed by atoms with Crippen LogP contribution in [-0.2, 0) is 26.0 Å². The normalized spacial score (nSPS) is 13.9. The Morgan fingerprint density at radius 3 is 2.06 bits per heavy atom. The minimum Gasteiger partial charge on any atom is -0.457 e. The summed E-state index contributed by atoms with van der Waals surface area (Å²) in [6, 6.07) is 28.3. The van der Waals surface area contributed by atoms with Gasteiger partial charge in [0.2, 0.25) is 11.8 Å². The fourth-order valence-corrected chi connectivity index (χ4v) is 4.97. The first kappa shape index (κ1) is 33.3. The van der Waals surface area contributed by atoms with Crippen molar-refractivity contribution < 1.29 is 33.3 Å². The van der Waals surface area contributed by atoms with Crippen LogP contribution < -0.4 is 20.3 Å². The summed E-state index contributed by atoms with van der Waals surface area (Å²) in [7, 11) is 0. The number of piperazine rings is 1. The zero-order valence-electron chi connectivity index (χ0n) is 26.1. The lowest BCUT2D eigenvalue weighted by atomic mass is 10.1. The number of rotatable bonds is 14. The van der Waals surface area contributed by atoms with Crippen molar-refractivity contribution in [2.24, 2.45) is 0 Å². The zero-order valence-corrected chi connectivity index (χ0v) is 26.1. The summed E-state index contributed by atoms with van der Waals surface area (Å²) in [6.45, 7) is 4.37. The van der Waals surface area contributed by atoms with E-state index in [4.69, 9.17) is 14.5 Å². The number of benzene rings is 4. The molecule has 0 radical (unpaired) electrons. The number of hydrogen-bond donors (Lipinski definition) is 2. The molecule has 2 amide bonds. The molecule has 0 saturated carbocycles. The second kappa shape index (κ2) is 16.5. The average molecular weight is 641 g/mol. The minimum absolute atomic E-state index is 0.0264. The van der Waals surface area contributed by atoms with Gasteiger partial charge < -0.3 is 20.3 Å². The van der Waals surface area contributed by atoms with Gasteiger partial charge in [-0.3, -0.25) is 19.3 Å². The Morgan fingerprint density at radius 2 is 1.43 bits per heavy atom. The van der Waals surface area contributed by atoms with Gasteiger partial charge in [-0.05, 0) is 85.3 Å². The van der Waals surface area contributed by atoms with Crippen molar-refractivity contribution in [1.82, 2.24) is 10.2 Å². The molecule has 4 aromatic rings. The van der Waals surface area contributed by atoms with Crippen molar-refractivity contribution in [3.05, 3.63) is 120 Å². The molecule has 1 fully saturated rings. The van der Waals surface area contributed by atoms with Crippen LogP contribution in [-0.4, -0.2) is 67.9 Å². The summed E-state index contributed by atoms with van der Waals surface area (Å²) in [5, 5.41) is 5.60. The van der Waals surface area contributed by atoms with E-state index in [1.807, 2.05) is 59.5 Å². The minimum atomic E-state index is -1.03. The quantitative estimate of drug-likeness (QED) is 0.0837. The van der Waals surface area contributed by atoms with Crippen molar-refractivity contribution in [3.8, 4) is 11.5 Å². The standard InChI is InChI=1S/C36H37FN4O6/c1-26(42)28-7-13-31(14-8-28)41-21-19-40(20-22-41)23-35(43)39-34(25-46-45-24-27-5-3-2-4-6-27)36(44)38-30-11-17-33(18-12-30)47-32-15-9-29(37)10-16-32/h2-18,34H,19-25H2,1H3,(H,38,44)(H,39,43)/t34-/m0/s1. The first-order valence-electron chi connectivity index (χ1n) is 15.3. The lowest BCUT2D eigenvalue weighted by Gasteiger charge is -2.36. The van der Waals surface area contributed by atoms with Gasteiger partial charge in [0.1, 0.15) is 36.6 Å². The maximum absolute atomic E-state index is 13.3. The Kier molecular flexibility index (Phi) is 11.6. The second-order valence-electron chi connectivity index (χ2n) is 11.1. The molecule has 5 rings (SSSR count). The van der Waals surface area contributed by atoms with E-state index in [1.54, 1.807) is 31.2 Å². The van der Waals surface area contributed by atoms with E-state index in [-0.39, 0.29) is 37.3 Å². The fraction of sp³-hybridized carbons (Fsp3) is 0.250. The van der Waals surface area contributed by atoms with Crippen LogP contribution in [0.15, 0.2) is 103 Å². The van der Waals surface area contributed by atoms with E-state index < -0.39 is 11.9 Å². The van der Waals surface area contributed by atoms with Crippen molar-refractivity contribution >= 4 is 29.0 Å². The maximum Gasteiger partial charge on any atom is 0.249 e. The van der Waals surface area contributed by atoms with Gasteiger partial charge in [-0.2, -0.15) is 0 Å². The molecule has 4 aromatic carbocycles. The van der Waals surface area contributed by atoms with E-state index in [2.05, 4.69) is 15.5 Å². The molecule has 2 N–H and O–H groups in total. The Morgan fingerprint density at radius 1 is 0.787 bits per heavy atom. The molecule has 10 nitrogen and oxygen atoms in total. The average Bonchev–Trinajstić information content (AvgIpc) is 3.09. The molecule has 1 aliphatic heterocycles. The SMILES string of the molecule is CC(=O)c1ccc(N2CCN(CC(=O)N[C@@H](COOCc3ccccc3)C(=O)Nc3ccc(Oc4ccc(F)cc4)cc3)CC2)cc1. The molecule has 0 spiro atoms. The van der Waals surface area contributed by atoms with Gasteiger partial charge >= 0.3 is 0 Å². The molecule has 1 aliphatic rings. The Balaban J connectivity index is 1.14. The third kappa shape index (κ3) is 10.2. The number of carbonyl (C=O) groups excluding carboxylic acids is 3. The van der Waals surface area contributed by atoms with Crippen LogP contribution in [0.4, 0.5) is 15.8 Å². The lowest BCUT2D eigenvalue weighted by Crippen LogP contribution is -2.53. The van der Waals surface area contributed by atoms with Crippen molar-refractivity contribution in [1.29, 1.82) is 0 Å². The molecule has 1 saturated heterocycles. The first-order valence-corrected chi connectivity index (χ1v) is 15.3. The molecular weight excluding hydrogens is 603 g/mol. The summed E-state index contributed by atoms with van der Waals surface area (Å²) < 4.78 is 18.9. The Labute approximate surface area is 273 Å². The molecule has 0 aliphatic carbocycles. The van der Waals surface area contributed by atoms with Crippen LogP contribution in [0.5, 0.6) is 11.5 Å². The number of Topliss-reactive ketones (excluding diaryl/α,β-unsaturated/α-hetero) is 1. The van der Waals surface area contributed by atoms with Crippen LogP contribution in [0.25, 0.3) is 0 Å². The van der Waals surface area contributed by atoms with Crippen LogP contribution in [0.1, 0.15) is 22.8 Å². The maximum atomic E-state index is 13.3. The molecule has 0 bridgehead atoms. The van der Waals surface area contributed by atoms with E-state index in [0.29, 0.717) is 48.9 Å². The van der Waals surface area contributed by atoms with Crippen LogP contribution in [0, 0.1) is 5.82 Å². The Hall–Kier alpha value is -5.10. The predicted molar refractivity (Wildman–Crippen MR) is 176 cm³/mol. The molecule has 1 heterocycles. The molecular formula is C36H37FN4O6. The van der Waals surface area contributed by atoms with Crippen molar-refractivity contribution in [3.63, 3.8) is 0 Å². The van der Waals surface area contributed by atoms with E-state index in [0.717, 1.165) is 11.3 Å². The van der Waals surface area contributed by atoms with Gasteiger partial charge in [-0.25, -0.2) is 14.2 Å². The largest absolute Gasteiger partial charge is 0.457 e. The molecule has 0 unspecified atom stereocenters. The Bertz CT molecular complexity index is 1610. The van der Waals surface area contributed by atoms with Crippen LogP contribution in [0.3, 0.4) is 0 Å². The number of halogens is 1. The molecule has 1 atom stereocenters. The molecule has 11 heteroatoms. The third-order valence-electron chi connectivity index (χ3n) is 7.59. The number of ether oxygens (including phenoxy) is 1. The molecule has 0 aromatic heterocycles. The van der Waals surface area contributed by atoms with Gasteiger partial charge in [0.25, 0.3) is 0 Å². The third-order valence-corrected chi connectivity index (χ3v) is 7.59. The van der Waals surface area contributed by atoms with Crippen LogP contribution in [0.2, 0.25) is 0 Å². The summed E-state index contributed by atoms with van der Waals surface area (Å²) in [6.07, 6.45) is 0. The monoisotopic (exact) mass is 640 g/mol. The number of hydrogen-bond acceptors (Lipinski definition) is 8. The van der Waals surface area contributed by atoms with Gasteiger partial charge in [-0.1, -0.05) is 30.3 Å². The summed E-state index contributed by atoms with van der Waals surface area (Å²) in [5.41, 5.74) is 3.08. The number of ketones is 1. The predicted octanol–water partition coefficient (Wildman–Crippen LogP) is 5.21. The topological polar surface area (TPSA) is 109 Å². The first-order chi connectivity index (χ1) is 22.8. The van der Waals surface area contributed by atoms with E-state index in [1.165, 1.54) is 24.3 Å². The van der Waals surface area contributed by atoms with Gasteiger partial charge in [0.05, 0.1) is 6.54 Å². The number of nitrogens with one attached hydrogen (secondary N) is 2. The zero-order chi connectivity index (χ0) is 33.0. The molecule has 47 heavy (non-hydrogen) atoms. The molecule has 244 valence electrons. The number of anilines is 2. The summed E-state index contributed by atoms with van der Waals surface area (Å²) in [4.78, 5) is 52.9. The van der Waals surface area contributed by atoms with Crippen molar-refractivity contribution in [2.75, 3.05) is 49.5 Å². The highest BCUT2D eigenvalue weighted by Gasteiger charge is 2.25. The highest BCUT2D eigenvalue weighted by Crippen LogP contribution is 2.23. The lowest BCUT2D eigenvalue weighted by molar-refractivity contribution is -0.305. The van der Waals surface area contributed by atoms with E-state index in [9.17, 15) is 18.8 Å². The van der Waals surface area contributed by atoms with Gasteiger partial charge in [-0.15, -0.1) is 0 Å². The number of carbonyl (C=O) groups is 3. The fourth-order valence-electron chi connectivity index (χ4n) is 4.97. The van der Waals surface area contributed by atoms with Gasteiger partial charge in [0, 0.05) is 43.1 Å². The van der Waals surface area contributed by atoms with Gasteiger partial charge in [0.15, 0.2) is 5.78 Å². The number of nitrogens with zero attached hydrogens (tertiary/aromatic N) is 2. The summed E-state index contributed by atoms with van der Waals surface area (Å²) in [5.74, 6) is -0.151. The second-order valence-corrected chi connectivity index (χ2v) is 11.1. The smallest absolute Gasteiger partial charge is 0.249 e. The van der Waals surface area contributed by atoms with Crippen molar-refractivity contribution in [2.45, 2.75) is 19.6 Å². The number of amides is 2. The highest BCUT2D eigenvalue weighted by atomic mass is 19.1. The van der Waals surface area contributed by atoms with E-state index >= 15 is 0 Å². The highest BCUT2D eigenvalue weighted by molar-refractivity contribution is 5.97. The van der Waals surface area contributed by atoms with Crippen LogP contribution >= 0.6 is 0 Å².